The molecule has 1 fully saturated rings. The number of hydrogen-bond donors (Lipinski definition) is 1. The Labute approximate surface area is 124 Å². The molecule has 0 radical (unpaired) electrons. The normalized spacial score (nSPS) is 24.8. The van der Waals surface area contributed by atoms with Crippen LogP contribution in [-0.4, -0.2) is 17.4 Å². The van der Waals surface area contributed by atoms with Crippen molar-refractivity contribution in [2.24, 2.45) is 11.8 Å². The second kappa shape index (κ2) is 7.30. The number of aryl methyl sites for hydroxylation is 1. The van der Waals surface area contributed by atoms with Gasteiger partial charge in [-0.05, 0) is 43.6 Å². The van der Waals surface area contributed by atoms with Crippen molar-refractivity contribution in [1.29, 1.82) is 0 Å². The molecule has 1 aliphatic carbocycles. The van der Waals surface area contributed by atoms with Gasteiger partial charge in [0, 0.05) is 0 Å². The molecule has 2 rings (SSSR count). The highest BCUT2D eigenvalue weighted by atomic mass is 19.4. The van der Waals surface area contributed by atoms with Crippen LogP contribution in [0.4, 0.5) is 13.2 Å². The lowest BCUT2D eigenvalue weighted by atomic mass is 9.74. The van der Waals surface area contributed by atoms with Gasteiger partial charge in [0.1, 0.15) is 0 Å². The Bertz CT molecular complexity index is 416. The van der Waals surface area contributed by atoms with Crippen LogP contribution in [0.2, 0.25) is 0 Å². The van der Waals surface area contributed by atoms with Gasteiger partial charge in [-0.25, -0.2) is 0 Å². The monoisotopic (exact) mass is 300 g/mol. The van der Waals surface area contributed by atoms with Crippen LogP contribution in [0.1, 0.15) is 44.1 Å². The van der Waals surface area contributed by atoms with Crippen molar-refractivity contribution in [2.75, 3.05) is 0 Å². The molecule has 0 aromatic heterocycles. The van der Waals surface area contributed by atoms with E-state index in [0.717, 1.165) is 19.3 Å². The summed E-state index contributed by atoms with van der Waals surface area (Å²) in [6, 6.07) is 9.85. The van der Waals surface area contributed by atoms with Crippen LogP contribution in [-0.2, 0) is 6.42 Å². The Hall–Kier alpha value is -1.03. The zero-order valence-electron chi connectivity index (χ0n) is 12.1. The summed E-state index contributed by atoms with van der Waals surface area (Å²) in [5.41, 5.74) is 1.17. The lowest BCUT2D eigenvalue weighted by molar-refractivity contribution is -0.207. The van der Waals surface area contributed by atoms with Crippen LogP contribution < -0.4 is 0 Å². The van der Waals surface area contributed by atoms with Gasteiger partial charge in [0.05, 0.1) is 12.0 Å². The first-order chi connectivity index (χ1) is 9.98. The van der Waals surface area contributed by atoms with Gasteiger partial charge in [-0.3, -0.25) is 0 Å². The SMILES string of the molecule is OC(CCCc1ccccc1)C1CCCCC1C(F)(F)F. The minimum absolute atomic E-state index is 0.171. The first-order valence-electron chi connectivity index (χ1n) is 7.77. The lowest BCUT2D eigenvalue weighted by Gasteiger charge is -2.36. The Morgan fingerprint density at radius 3 is 2.43 bits per heavy atom. The molecule has 1 nitrogen and oxygen atoms in total. The molecular weight excluding hydrogens is 277 g/mol. The molecule has 0 aliphatic heterocycles. The predicted octanol–water partition coefficient (Wildman–Crippen LogP) is 4.74. The van der Waals surface area contributed by atoms with E-state index in [4.69, 9.17) is 0 Å². The van der Waals surface area contributed by atoms with E-state index in [2.05, 4.69) is 0 Å². The second-order valence-corrected chi connectivity index (χ2v) is 6.04. The maximum Gasteiger partial charge on any atom is 0.392 e. The molecule has 1 aliphatic rings. The van der Waals surface area contributed by atoms with E-state index in [1.165, 1.54) is 5.56 Å². The van der Waals surface area contributed by atoms with Gasteiger partial charge in [-0.15, -0.1) is 0 Å². The van der Waals surface area contributed by atoms with E-state index in [1.54, 1.807) is 0 Å². The van der Waals surface area contributed by atoms with Crippen LogP contribution in [0.5, 0.6) is 0 Å². The van der Waals surface area contributed by atoms with Gasteiger partial charge >= 0.3 is 6.18 Å². The third kappa shape index (κ3) is 4.73. The molecule has 0 heterocycles. The molecule has 1 N–H and O–H groups in total. The zero-order valence-corrected chi connectivity index (χ0v) is 12.1. The molecule has 0 amide bonds. The van der Waals surface area contributed by atoms with Crippen LogP contribution in [0.15, 0.2) is 30.3 Å². The molecule has 1 saturated carbocycles. The summed E-state index contributed by atoms with van der Waals surface area (Å²) >= 11 is 0. The van der Waals surface area contributed by atoms with E-state index in [1.807, 2.05) is 30.3 Å². The molecule has 3 atom stereocenters. The highest BCUT2D eigenvalue weighted by Gasteiger charge is 2.47. The smallest absolute Gasteiger partial charge is 0.392 e. The van der Waals surface area contributed by atoms with E-state index >= 15 is 0 Å². The number of halogens is 3. The van der Waals surface area contributed by atoms with E-state index < -0.39 is 24.1 Å². The number of aliphatic hydroxyl groups excluding tert-OH is 1. The van der Waals surface area contributed by atoms with Crippen LogP contribution in [0, 0.1) is 11.8 Å². The number of hydrogen-bond acceptors (Lipinski definition) is 1. The fourth-order valence-electron chi connectivity index (χ4n) is 3.40. The van der Waals surface area contributed by atoms with Crippen molar-refractivity contribution >= 4 is 0 Å². The summed E-state index contributed by atoms with van der Waals surface area (Å²) in [4.78, 5) is 0. The zero-order chi connectivity index (χ0) is 15.3. The Morgan fingerprint density at radius 1 is 1.10 bits per heavy atom. The van der Waals surface area contributed by atoms with Gasteiger partial charge in [-0.1, -0.05) is 43.2 Å². The van der Waals surface area contributed by atoms with Gasteiger partial charge in [-0.2, -0.15) is 13.2 Å². The fourth-order valence-corrected chi connectivity index (χ4v) is 3.40. The predicted molar refractivity (Wildman–Crippen MR) is 76.9 cm³/mol. The molecule has 21 heavy (non-hydrogen) atoms. The first-order valence-corrected chi connectivity index (χ1v) is 7.77. The number of benzene rings is 1. The maximum atomic E-state index is 13.0. The average molecular weight is 300 g/mol. The largest absolute Gasteiger partial charge is 0.393 e. The highest BCUT2D eigenvalue weighted by molar-refractivity contribution is 5.14. The minimum Gasteiger partial charge on any atom is -0.393 e. The summed E-state index contributed by atoms with van der Waals surface area (Å²) in [6.07, 6.45) is -0.934. The Morgan fingerprint density at radius 2 is 1.76 bits per heavy atom. The third-order valence-corrected chi connectivity index (χ3v) is 4.54. The van der Waals surface area contributed by atoms with Gasteiger partial charge in [0.15, 0.2) is 0 Å². The summed E-state index contributed by atoms with van der Waals surface area (Å²) in [7, 11) is 0. The number of aliphatic hydroxyl groups is 1. The third-order valence-electron chi connectivity index (χ3n) is 4.54. The first kappa shape index (κ1) is 16.3. The van der Waals surface area contributed by atoms with Crippen molar-refractivity contribution < 1.29 is 18.3 Å². The molecule has 118 valence electrons. The minimum atomic E-state index is -4.18. The van der Waals surface area contributed by atoms with Gasteiger partial charge in [0.25, 0.3) is 0 Å². The average Bonchev–Trinajstić information content (AvgIpc) is 2.47. The molecule has 1 aromatic carbocycles. The van der Waals surface area contributed by atoms with Crippen molar-refractivity contribution in [3.8, 4) is 0 Å². The highest BCUT2D eigenvalue weighted by Crippen LogP contribution is 2.43. The number of rotatable bonds is 5. The molecular formula is C17H23F3O. The molecule has 0 bridgehead atoms. The molecule has 3 unspecified atom stereocenters. The van der Waals surface area contributed by atoms with Crippen LogP contribution in [0.25, 0.3) is 0 Å². The number of alkyl halides is 3. The molecule has 0 saturated heterocycles. The summed E-state index contributed by atoms with van der Waals surface area (Å²) < 4.78 is 39.1. The molecule has 4 heteroatoms. The molecule has 0 spiro atoms. The summed E-state index contributed by atoms with van der Waals surface area (Å²) in [5.74, 6) is -1.94. The topological polar surface area (TPSA) is 20.2 Å². The second-order valence-electron chi connectivity index (χ2n) is 6.04. The Balaban J connectivity index is 1.85. The van der Waals surface area contributed by atoms with E-state index in [9.17, 15) is 18.3 Å². The lowest BCUT2D eigenvalue weighted by Crippen LogP contribution is -2.39. The van der Waals surface area contributed by atoms with E-state index in [-0.39, 0.29) is 6.42 Å². The van der Waals surface area contributed by atoms with Crippen molar-refractivity contribution in [2.45, 2.75) is 57.2 Å². The maximum absolute atomic E-state index is 13.0. The van der Waals surface area contributed by atoms with Crippen molar-refractivity contribution in [3.63, 3.8) is 0 Å². The van der Waals surface area contributed by atoms with Crippen molar-refractivity contribution in [3.05, 3.63) is 35.9 Å². The van der Waals surface area contributed by atoms with Gasteiger partial charge in [0.2, 0.25) is 0 Å². The summed E-state index contributed by atoms with van der Waals surface area (Å²) in [6.45, 7) is 0. The molecule has 1 aromatic rings. The standard InChI is InChI=1S/C17H23F3O/c18-17(19,20)15-11-5-4-10-14(15)16(21)12-6-9-13-7-2-1-3-8-13/h1-3,7-8,14-16,21H,4-6,9-12H2. The Kier molecular flexibility index (Phi) is 5.68. The fraction of sp³-hybridized carbons (Fsp3) is 0.647. The summed E-state index contributed by atoms with van der Waals surface area (Å²) in [5, 5.41) is 10.2. The van der Waals surface area contributed by atoms with Crippen LogP contribution >= 0.6 is 0 Å². The van der Waals surface area contributed by atoms with Crippen LogP contribution in [0.3, 0.4) is 0 Å². The van der Waals surface area contributed by atoms with Crippen molar-refractivity contribution in [1.82, 2.24) is 0 Å². The van der Waals surface area contributed by atoms with Gasteiger partial charge < -0.3 is 5.11 Å². The van der Waals surface area contributed by atoms with E-state index in [0.29, 0.717) is 19.3 Å². The quantitative estimate of drug-likeness (QED) is 0.833.